The van der Waals surface area contributed by atoms with Gasteiger partial charge in [0.05, 0.1) is 4.88 Å². The lowest BCUT2D eigenvalue weighted by Crippen LogP contribution is -2.13. The highest BCUT2D eigenvalue weighted by Gasteiger charge is 2.22. The first-order chi connectivity index (χ1) is 12.2. The minimum absolute atomic E-state index is 0.267. The van der Waals surface area contributed by atoms with Crippen LogP contribution in [0.4, 0.5) is 5.82 Å². The molecule has 4 aromatic rings. The fraction of sp³-hybridized carbons (Fsp3) is 0.167. The van der Waals surface area contributed by atoms with Crippen molar-refractivity contribution in [3.8, 4) is 10.6 Å². The zero-order valence-electron chi connectivity index (χ0n) is 13.7. The first kappa shape index (κ1) is 15.6. The van der Waals surface area contributed by atoms with Gasteiger partial charge in [-0.15, -0.1) is 11.3 Å². The van der Waals surface area contributed by atoms with E-state index in [0.29, 0.717) is 11.3 Å². The Morgan fingerprint density at radius 1 is 1.28 bits per heavy atom. The zero-order valence-corrected chi connectivity index (χ0v) is 14.5. The van der Waals surface area contributed by atoms with Crippen LogP contribution in [0.1, 0.15) is 28.6 Å². The predicted molar refractivity (Wildman–Crippen MR) is 95.9 cm³/mol. The van der Waals surface area contributed by atoms with E-state index in [-0.39, 0.29) is 17.5 Å². The minimum atomic E-state index is -0.375. The molecule has 1 N–H and O–H groups in total. The number of nitrogens with zero attached hydrogens (tertiary/aromatic N) is 2. The summed E-state index contributed by atoms with van der Waals surface area (Å²) in [6.45, 7) is 3.97. The summed E-state index contributed by atoms with van der Waals surface area (Å²) in [4.78, 5) is 13.5. The third kappa shape index (κ3) is 2.72. The number of fused-ring (bicyclic) bond motifs is 1. The Bertz CT molecular complexity index is 1050. The Balaban J connectivity index is 1.67. The van der Waals surface area contributed by atoms with E-state index >= 15 is 0 Å². The molecule has 0 aliphatic rings. The molecule has 3 heterocycles. The van der Waals surface area contributed by atoms with Gasteiger partial charge in [-0.25, -0.2) is 4.63 Å². The number of amides is 1. The smallest absolute Gasteiger partial charge is 0.292 e. The molecule has 0 spiro atoms. The van der Waals surface area contributed by atoms with Gasteiger partial charge in [0.25, 0.3) is 5.91 Å². The number of benzene rings is 1. The number of nitrogens with one attached hydrogen (secondary N) is 1. The van der Waals surface area contributed by atoms with Gasteiger partial charge in [-0.05, 0) is 52.8 Å². The summed E-state index contributed by atoms with van der Waals surface area (Å²) in [6, 6.07) is 9.74. The number of hydrogen-bond donors (Lipinski definition) is 1. The van der Waals surface area contributed by atoms with Crippen LogP contribution in [0.2, 0.25) is 0 Å². The molecule has 1 aromatic carbocycles. The van der Waals surface area contributed by atoms with E-state index in [1.54, 1.807) is 0 Å². The van der Waals surface area contributed by atoms with E-state index in [0.717, 1.165) is 22.2 Å². The number of aromatic nitrogens is 2. The fourth-order valence-electron chi connectivity index (χ4n) is 2.71. The standard InChI is InChI=1S/C18H15N3O3S/c1-3-11-6-7-13-12(9-11)10(2)16(23-13)18(22)19-17-15(20-24-21-17)14-5-4-8-25-14/h4-9H,3H2,1-2H3,(H,19,21,22). The number of furan rings is 1. The Hall–Kier alpha value is -2.93. The highest BCUT2D eigenvalue weighted by atomic mass is 32.1. The van der Waals surface area contributed by atoms with Crippen LogP contribution in [0.15, 0.2) is 44.8 Å². The largest absolute Gasteiger partial charge is 0.451 e. The first-order valence-electron chi connectivity index (χ1n) is 7.87. The molecule has 0 saturated carbocycles. The summed E-state index contributed by atoms with van der Waals surface area (Å²) in [5.41, 5.74) is 3.20. The molecule has 4 rings (SSSR count). The van der Waals surface area contributed by atoms with E-state index in [2.05, 4.69) is 28.6 Å². The maximum absolute atomic E-state index is 12.7. The van der Waals surface area contributed by atoms with Crippen LogP contribution in [-0.4, -0.2) is 16.2 Å². The molecule has 0 radical (unpaired) electrons. The van der Waals surface area contributed by atoms with Crippen LogP contribution >= 0.6 is 11.3 Å². The molecule has 1 amide bonds. The van der Waals surface area contributed by atoms with Gasteiger partial charge in [0.15, 0.2) is 11.5 Å². The number of carbonyl (C=O) groups is 1. The van der Waals surface area contributed by atoms with Crippen molar-refractivity contribution in [2.45, 2.75) is 20.3 Å². The molecule has 0 bridgehead atoms. The Kier molecular flexibility index (Phi) is 3.85. The quantitative estimate of drug-likeness (QED) is 0.577. The normalized spacial score (nSPS) is 11.1. The monoisotopic (exact) mass is 353 g/mol. The predicted octanol–water partition coefficient (Wildman–Crippen LogP) is 4.67. The number of anilines is 1. The summed E-state index contributed by atoms with van der Waals surface area (Å²) in [6.07, 6.45) is 0.927. The van der Waals surface area contributed by atoms with Gasteiger partial charge < -0.3 is 4.42 Å². The maximum Gasteiger partial charge on any atom is 0.292 e. The maximum atomic E-state index is 12.7. The lowest BCUT2D eigenvalue weighted by Gasteiger charge is -2.00. The molecule has 25 heavy (non-hydrogen) atoms. The molecular weight excluding hydrogens is 338 g/mol. The molecule has 0 aliphatic heterocycles. The van der Waals surface area contributed by atoms with Gasteiger partial charge in [-0.1, -0.05) is 19.1 Å². The highest BCUT2D eigenvalue weighted by Crippen LogP contribution is 2.30. The van der Waals surface area contributed by atoms with Gasteiger partial charge in [-0.3, -0.25) is 10.1 Å². The highest BCUT2D eigenvalue weighted by molar-refractivity contribution is 7.13. The number of aryl methyl sites for hydroxylation is 2. The molecule has 6 nitrogen and oxygen atoms in total. The van der Waals surface area contributed by atoms with Gasteiger partial charge in [0, 0.05) is 10.9 Å². The Morgan fingerprint density at radius 2 is 2.16 bits per heavy atom. The lowest BCUT2D eigenvalue weighted by atomic mass is 10.1. The van der Waals surface area contributed by atoms with Crippen LogP contribution in [0.3, 0.4) is 0 Å². The molecule has 126 valence electrons. The number of rotatable bonds is 4. The third-order valence-electron chi connectivity index (χ3n) is 4.09. The molecule has 0 saturated heterocycles. The molecule has 7 heteroatoms. The van der Waals surface area contributed by atoms with E-state index in [1.165, 1.54) is 16.9 Å². The third-order valence-corrected chi connectivity index (χ3v) is 4.97. The molecule has 3 aromatic heterocycles. The van der Waals surface area contributed by atoms with E-state index < -0.39 is 0 Å². The van der Waals surface area contributed by atoms with Crippen LogP contribution in [0.25, 0.3) is 21.5 Å². The van der Waals surface area contributed by atoms with Crippen molar-refractivity contribution < 1.29 is 13.8 Å². The number of carbonyl (C=O) groups excluding carboxylic acids is 1. The van der Waals surface area contributed by atoms with Gasteiger partial charge in [0.1, 0.15) is 5.58 Å². The summed E-state index contributed by atoms with van der Waals surface area (Å²) in [5, 5.41) is 13.3. The van der Waals surface area contributed by atoms with Gasteiger partial charge in [0.2, 0.25) is 5.82 Å². The molecule has 0 aliphatic carbocycles. The number of hydrogen-bond acceptors (Lipinski definition) is 6. The summed E-state index contributed by atoms with van der Waals surface area (Å²) < 4.78 is 10.5. The number of thiophene rings is 1. The van der Waals surface area contributed by atoms with Crippen molar-refractivity contribution in [1.82, 2.24) is 10.3 Å². The second-order valence-corrected chi connectivity index (χ2v) is 6.58. The van der Waals surface area contributed by atoms with Crippen LogP contribution in [0, 0.1) is 6.92 Å². The second kappa shape index (κ2) is 6.18. The lowest BCUT2D eigenvalue weighted by molar-refractivity contribution is 0.0997. The average Bonchev–Trinajstić information content (AvgIpc) is 3.35. The molecular formula is C18H15N3O3S. The minimum Gasteiger partial charge on any atom is -0.451 e. The van der Waals surface area contributed by atoms with E-state index in [4.69, 9.17) is 9.05 Å². The summed E-state index contributed by atoms with van der Waals surface area (Å²) >= 11 is 1.49. The zero-order chi connectivity index (χ0) is 17.4. The average molecular weight is 353 g/mol. The Labute approximate surface area is 147 Å². The van der Waals surface area contributed by atoms with Crippen molar-refractivity contribution in [2.75, 3.05) is 5.32 Å². The van der Waals surface area contributed by atoms with Crippen molar-refractivity contribution in [1.29, 1.82) is 0 Å². The summed E-state index contributed by atoms with van der Waals surface area (Å²) in [7, 11) is 0. The van der Waals surface area contributed by atoms with Crippen LogP contribution in [-0.2, 0) is 6.42 Å². The molecule has 0 unspecified atom stereocenters. The SMILES string of the molecule is CCc1ccc2oc(C(=O)Nc3nonc3-c3cccs3)c(C)c2c1. The first-order valence-corrected chi connectivity index (χ1v) is 8.75. The second-order valence-electron chi connectivity index (χ2n) is 5.63. The van der Waals surface area contributed by atoms with Gasteiger partial charge >= 0.3 is 0 Å². The topological polar surface area (TPSA) is 81.2 Å². The Morgan fingerprint density at radius 3 is 2.92 bits per heavy atom. The van der Waals surface area contributed by atoms with Crippen molar-refractivity contribution in [3.05, 3.63) is 52.6 Å². The van der Waals surface area contributed by atoms with E-state index in [1.807, 2.05) is 36.6 Å². The fourth-order valence-corrected chi connectivity index (χ4v) is 3.42. The van der Waals surface area contributed by atoms with Gasteiger partial charge in [-0.2, -0.15) is 0 Å². The summed E-state index contributed by atoms with van der Waals surface area (Å²) in [5.74, 6) is 0.171. The van der Waals surface area contributed by atoms with E-state index in [9.17, 15) is 4.79 Å². The van der Waals surface area contributed by atoms with Crippen molar-refractivity contribution in [2.24, 2.45) is 0 Å². The van der Waals surface area contributed by atoms with Crippen LogP contribution in [0.5, 0.6) is 0 Å². The van der Waals surface area contributed by atoms with Crippen molar-refractivity contribution in [3.63, 3.8) is 0 Å². The molecule has 0 fully saturated rings. The van der Waals surface area contributed by atoms with Crippen LogP contribution < -0.4 is 5.32 Å². The van der Waals surface area contributed by atoms with Crippen molar-refractivity contribution >= 4 is 34.0 Å². The molecule has 0 atom stereocenters.